The van der Waals surface area contributed by atoms with Crippen molar-refractivity contribution >= 4 is 0 Å². The quantitative estimate of drug-likeness (QED) is 0.538. The molecule has 0 aromatic rings. The first-order chi connectivity index (χ1) is 6.84. The summed E-state index contributed by atoms with van der Waals surface area (Å²) in [6, 6.07) is 0. The Bertz CT molecular complexity index is 264. The van der Waals surface area contributed by atoms with Gasteiger partial charge in [0.2, 0.25) is 0 Å². The molecule has 0 aromatic heterocycles. The lowest BCUT2D eigenvalue weighted by atomic mass is 10.3. The molecule has 1 saturated heterocycles. The van der Waals surface area contributed by atoms with Crippen LogP contribution >= 0.6 is 0 Å². The highest BCUT2D eigenvalue weighted by Crippen LogP contribution is 2.04. The van der Waals surface area contributed by atoms with Crippen LogP contribution in [0.25, 0.3) is 0 Å². The van der Waals surface area contributed by atoms with E-state index in [-0.39, 0.29) is 0 Å². The summed E-state index contributed by atoms with van der Waals surface area (Å²) in [4.78, 5) is 2.39. The Morgan fingerprint density at radius 2 is 2.07 bits per heavy atom. The Kier molecular flexibility index (Phi) is 4.84. The average Bonchev–Trinajstić information content (AvgIpc) is 2.25. The van der Waals surface area contributed by atoms with Gasteiger partial charge < -0.3 is 10.2 Å². The van der Waals surface area contributed by atoms with Crippen LogP contribution in [-0.4, -0.2) is 31.1 Å². The van der Waals surface area contributed by atoms with E-state index in [1.807, 2.05) is 18.2 Å². The maximum absolute atomic E-state index is 3.50. The first-order valence-corrected chi connectivity index (χ1v) is 4.99. The number of hydrogen-bond acceptors (Lipinski definition) is 2. The van der Waals surface area contributed by atoms with Crippen molar-refractivity contribution in [2.45, 2.75) is 6.92 Å². The summed E-state index contributed by atoms with van der Waals surface area (Å²) < 4.78 is 0. The van der Waals surface area contributed by atoms with E-state index >= 15 is 0 Å². The van der Waals surface area contributed by atoms with Crippen LogP contribution in [-0.2, 0) is 0 Å². The van der Waals surface area contributed by atoms with E-state index in [0.29, 0.717) is 0 Å². The molecule has 14 heavy (non-hydrogen) atoms. The predicted octanol–water partition coefficient (Wildman–Crippen LogP) is 1.69. The summed E-state index contributed by atoms with van der Waals surface area (Å²) in [5, 5.41) is 3.33. The van der Waals surface area contributed by atoms with Crippen molar-refractivity contribution < 1.29 is 0 Å². The molecule has 0 bridgehead atoms. The molecule has 1 fully saturated rings. The summed E-state index contributed by atoms with van der Waals surface area (Å²) >= 11 is 0. The highest BCUT2D eigenvalue weighted by atomic mass is 15.2. The molecule has 1 N–H and O–H groups in total. The number of piperazine rings is 1. The minimum Gasteiger partial charge on any atom is -0.372 e. The number of allylic oxidation sites excluding steroid dienone is 5. The first kappa shape index (κ1) is 10.8. The van der Waals surface area contributed by atoms with E-state index in [9.17, 15) is 0 Å². The van der Waals surface area contributed by atoms with Crippen LogP contribution in [0.15, 0.2) is 42.3 Å². The Balaban J connectivity index is 2.45. The highest BCUT2D eigenvalue weighted by molar-refractivity contribution is 5.14. The van der Waals surface area contributed by atoms with Crippen molar-refractivity contribution in [2.24, 2.45) is 0 Å². The largest absolute Gasteiger partial charge is 0.372 e. The zero-order valence-electron chi connectivity index (χ0n) is 8.79. The van der Waals surface area contributed by atoms with Gasteiger partial charge >= 0.3 is 0 Å². The van der Waals surface area contributed by atoms with Crippen LogP contribution in [0.5, 0.6) is 0 Å². The van der Waals surface area contributed by atoms with Crippen molar-refractivity contribution in [1.29, 1.82) is 0 Å². The van der Waals surface area contributed by atoms with Gasteiger partial charge in [-0.2, -0.15) is 0 Å². The molecule has 0 saturated carbocycles. The summed E-state index contributed by atoms with van der Waals surface area (Å²) in [5.41, 5.74) is 4.03. The molecule has 76 valence electrons. The fraction of sp³-hybridized carbons (Fsp3) is 0.417. The van der Waals surface area contributed by atoms with Gasteiger partial charge in [0.05, 0.1) is 0 Å². The van der Waals surface area contributed by atoms with Gasteiger partial charge in [0.15, 0.2) is 0 Å². The average molecular weight is 190 g/mol. The van der Waals surface area contributed by atoms with E-state index in [1.165, 1.54) is 5.70 Å². The lowest BCUT2D eigenvalue weighted by molar-refractivity contribution is 0.300. The van der Waals surface area contributed by atoms with Crippen LogP contribution in [0.3, 0.4) is 0 Å². The van der Waals surface area contributed by atoms with Crippen molar-refractivity contribution in [1.82, 2.24) is 10.2 Å². The van der Waals surface area contributed by atoms with Crippen molar-refractivity contribution in [3.05, 3.63) is 42.3 Å². The summed E-state index contributed by atoms with van der Waals surface area (Å²) in [5.74, 6) is 0. The maximum atomic E-state index is 3.50. The molecule has 2 nitrogen and oxygen atoms in total. The zero-order chi connectivity index (χ0) is 10.2. The molecule has 2 heteroatoms. The monoisotopic (exact) mass is 190 g/mol. The van der Waals surface area contributed by atoms with Crippen molar-refractivity contribution in [3.8, 4) is 0 Å². The van der Waals surface area contributed by atoms with Gasteiger partial charge in [0.25, 0.3) is 0 Å². The Hall–Kier alpha value is -1.24. The van der Waals surface area contributed by atoms with E-state index in [2.05, 4.69) is 35.5 Å². The second-order valence-electron chi connectivity index (χ2n) is 3.30. The molecule has 1 heterocycles. The molecule has 0 aliphatic carbocycles. The predicted molar refractivity (Wildman–Crippen MR) is 61.0 cm³/mol. The highest BCUT2D eigenvalue weighted by Gasteiger charge is 2.07. The van der Waals surface area contributed by atoms with Crippen LogP contribution in [0.2, 0.25) is 0 Å². The van der Waals surface area contributed by atoms with Crippen molar-refractivity contribution in [3.63, 3.8) is 0 Å². The zero-order valence-corrected chi connectivity index (χ0v) is 8.79. The van der Waals surface area contributed by atoms with Crippen LogP contribution in [0.1, 0.15) is 6.92 Å². The van der Waals surface area contributed by atoms with Gasteiger partial charge in [0, 0.05) is 31.9 Å². The third kappa shape index (κ3) is 3.65. The second-order valence-corrected chi connectivity index (χ2v) is 3.30. The molecule has 0 radical (unpaired) electrons. The van der Waals surface area contributed by atoms with E-state index in [0.717, 1.165) is 26.2 Å². The standard InChI is InChI=1S/C12H18N2/c1-3-4-5-6-7-12(2)14-10-8-13-9-11-14/h4-7,13H,1,8-11H2,2H3/b6-5-,12-7+. The van der Waals surface area contributed by atoms with Crippen molar-refractivity contribution in [2.75, 3.05) is 26.2 Å². The molecule has 0 atom stereocenters. The van der Waals surface area contributed by atoms with E-state index in [1.54, 1.807) is 0 Å². The molecule has 0 aromatic carbocycles. The van der Waals surface area contributed by atoms with Gasteiger partial charge in [-0.1, -0.05) is 18.7 Å². The lowest BCUT2D eigenvalue weighted by Crippen LogP contribution is -2.42. The number of hydrogen-bond donors (Lipinski definition) is 1. The molecule has 0 spiro atoms. The van der Waals surface area contributed by atoms with Crippen LogP contribution in [0.4, 0.5) is 0 Å². The topological polar surface area (TPSA) is 15.3 Å². The minimum absolute atomic E-state index is 1.08. The number of rotatable bonds is 3. The summed E-state index contributed by atoms with van der Waals surface area (Å²) in [6.07, 6.45) is 7.90. The number of nitrogens with zero attached hydrogens (tertiary/aromatic N) is 1. The maximum Gasteiger partial charge on any atom is 0.0300 e. The normalized spacial score (nSPS) is 18.4. The minimum atomic E-state index is 1.08. The Morgan fingerprint density at radius 3 is 2.71 bits per heavy atom. The van der Waals surface area contributed by atoms with Crippen LogP contribution < -0.4 is 5.32 Å². The number of nitrogens with one attached hydrogen (secondary N) is 1. The molecule has 1 aliphatic rings. The Morgan fingerprint density at radius 1 is 1.36 bits per heavy atom. The molecular weight excluding hydrogens is 172 g/mol. The fourth-order valence-electron chi connectivity index (χ4n) is 1.44. The second kappa shape index (κ2) is 6.25. The molecule has 0 unspecified atom stereocenters. The van der Waals surface area contributed by atoms with Gasteiger partial charge in [-0.05, 0) is 19.1 Å². The summed E-state index contributed by atoms with van der Waals surface area (Å²) in [6.45, 7) is 10.0. The molecular formula is C12H18N2. The van der Waals surface area contributed by atoms with Gasteiger partial charge in [-0.3, -0.25) is 0 Å². The van der Waals surface area contributed by atoms with E-state index < -0.39 is 0 Å². The smallest absolute Gasteiger partial charge is 0.0300 e. The first-order valence-electron chi connectivity index (χ1n) is 4.99. The Labute approximate surface area is 86.3 Å². The SMILES string of the molecule is C=C=C/C=C\C=C(/C)N1CCNCC1. The van der Waals surface area contributed by atoms with Crippen LogP contribution in [0, 0.1) is 0 Å². The third-order valence-electron chi connectivity index (χ3n) is 2.28. The van der Waals surface area contributed by atoms with Gasteiger partial charge in [0.1, 0.15) is 0 Å². The third-order valence-corrected chi connectivity index (χ3v) is 2.28. The van der Waals surface area contributed by atoms with Gasteiger partial charge in [-0.25, -0.2) is 0 Å². The fourth-order valence-corrected chi connectivity index (χ4v) is 1.44. The summed E-state index contributed by atoms with van der Waals surface area (Å²) in [7, 11) is 0. The lowest BCUT2D eigenvalue weighted by Gasteiger charge is -2.29. The molecule has 0 amide bonds. The molecule has 1 aliphatic heterocycles. The van der Waals surface area contributed by atoms with E-state index in [4.69, 9.17) is 0 Å². The van der Waals surface area contributed by atoms with Gasteiger partial charge in [-0.15, -0.1) is 5.73 Å². The molecule has 1 rings (SSSR count).